The van der Waals surface area contributed by atoms with Crippen molar-refractivity contribution in [1.82, 2.24) is 4.90 Å². The van der Waals surface area contributed by atoms with Crippen molar-refractivity contribution >= 4 is 11.6 Å². The van der Waals surface area contributed by atoms with E-state index in [1.165, 1.54) is 12.8 Å². The first-order valence-corrected chi connectivity index (χ1v) is 9.02. The van der Waals surface area contributed by atoms with E-state index in [1.54, 1.807) is 0 Å². The topological polar surface area (TPSA) is 58.8 Å². The van der Waals surface area contributed by atoms with Crippen molar-refractivity contribution in [2.24, 2.45) is 11.7 Å². The Morgan fingerprint density at radius 3 is 2.92 bits per heavy atom. The SMILES string of the molecule is CN(C)CCOc1cccc2c1CCN2C(=O)C(N)CCC1CC1. The molecular formula is C19H29N3O2. The van der Waals surface area contributed by atoms with Gasteiger partial charge in [0.05, 0.1) is 11.7 Å². The fourth-order valence-corrected chi connectivity index (χ4v) is 3.25. The Labute approximate surface area is 144 Å². The summed E-state index contributed by atoms with van der Waals surface area (Å²) in [7, 11) is 4.06. The molecule has 2 aliphatic rings. The summed E-state index contributed by atoms with van der Waals surface area (Å²) in [5.74, 6) is 1.77. The zero-order valence-electron chi connectivity index (χ0n) is 14.8. The van der Waals surface area contributed by atoms with E-state index < -0.39 is 0 Å². The van der Waals surface area contributed by atoms with Crippen molar-refractivity contribution in [3.63, 3.8) is 0 Å². The first kappa shape index (κ1) is 17.2. The van der Waals surface area contributed by atoms with Crippen LogP contribution in [-0.4, -0.2) is 50.6 Å². The summed E-state index contributed by atoms with van der Waals surface area (Å²) in [6, 6.07) is 5.59. The summed E-state index contributed by atoms with van der Waals surface area (Å²) in [5, 5.41) is 0. The number of hydrogen-bond acceptors (Lipinski definition) is 4. The third-order valence-electron chi connectivity index (χ3n) is 4.95. The first-order chi connectivity index (χ1) is 11.6. The molecule has 1 aliphatic heterocycles. The molecule has 1 aromatic carbocycles. The van der Waals surface area contributed by atoms with Gasteiger partial charge in [-0.15, -0.1) is 0 Å². The number of carbonyl (C=O) groups is 1. The van der Waals surface area contributed by atoms with Gasteiger partial charge in [0, 0.05) is 18.7 Å². The fraction of sp³-hybridized carbons (Fsp3) is 0.632. The number of benzene rings is 1. The van der Waals surface area contributed by atoms with E-state index in [0.29, 0.717) is 13.2 Å². The third kappa shape index (κ3) is 4.08. The van der Waals surface area contributed by atoms with E-state index in [2.05, 4.69) is 4.90 Å². The molecule has 1 unspecified atom stereocenters. The Bertz CT molecular complexity index is 584. The molecule has 0 bridgehead atoms. The second-order valence-electron chi connectivity index (χ2n) is 7.27. The van der Waals surface area contributed by atoms with Gasteiger partial charge in [0.2, 0.25) is 5.91 Å². The molecular weight excluding hydrogens is 302 g/mol. The van der Waals surface area contributed by atoms with Crippen LogP contribution in [0.4, 0.5) is 5.69 Å². The molecule has 1 fully saturated rings. The minimum Gasteiger partial charge on any atom is -0.492 e. The summed E-state index contributed by atoms with van der Waals surface area (Å²) in [6.45, 7) is 2.23. The monoisotopic (exact) mass is 331 g/mol. The van der Waals surface area contributed by atoms with E-state index in [4.69, 9.17) is 10.5 Å². The predicted octanol–water partition coefficient (Wildman–Crippen LogP) is 2.03. The summed E-state index contributed by atoms with van der Waals surface area (Å²) in [4.78, 5) is 16.7. The molecule has 1 aromatic rings. The van der Waals surface area contributed by atoms with Crippen molar-refractivity contribution < 1.29 is 9.53 Å². The highest BCUT2D eigenvalue weighted by molar-refractivity contribution is 5.99. The molecule has 0 saturated heterocycles. The van der Waals surface area contributed by atoms with Gasteiger partial charge in [-0.3, -0.25) is 4.79 Å². The van der Waals surface area contributed by atoms with Crippen molar-refractivity contribution in [2.45, 2.75) is 38.1 Å². The summed E-state index contributed by atoms with van der Waals surface area (Å²) in [6.07, 6.45) is 5.34. The third-order valence-corrected chi connectivity index (χ3v) is 4.95. The van der Waals surface area contributed by atoms with Gasteiger partial charge in [-0.25, -0.2) is 0 Å². The smallest absolute Gasteiger partial charge is 0.243 e. The van der Waals surface area contributed by atoms with Gasteiger partial charge in [-0.1, -0.05) is 18.9 Å². The number of nitrogens with two attached hydrogens (primary N) is 1. The molecule has 0 spiro atoms. The van der Waals surface area contributed by atoms with Gasteiger partial charge in [-0.2, -0.15) is 0 Å². The maximum Gasteiger partial charge on any atom is 0.243 e. The zero-order valence-corrected chi connectivity index (χ0v) is 14.8. The predicted molar refractivity (Wildman–Crippen MR) is 96.5 cm³/mol. The van der Waals surface area contributed by atoms with E-state index in [9.17, 15) is 4.79 Å². The highest BCUT2D eigenvalue weighted by atomic mass is 16.5. The second-order valence-corrected chi connectivity index (χ2v) is 7.27. The lowest BCUT2D eigenvalue weighted by atomic mass is 10.1. The van der Waals surface area contributed by atoms with Gasteiger partial charge in [0.1, 0.15) is 12.4 Å². The van der Waals surface area contributed by atoms with Crippen LogP contribution in [0.15, 0.2) is 18.2 Å². The molecule has 0 aromatic heterocycles. The largest absolute Gasteiger partial charge is 0.492 e. The summed E-state index contributed by atoms with van der Waals surface area (Å²) < 4.78 is 5.92. The molecule has 5 nitrogen and oxygen atoms in total. The Kier molecular flexibility index (Phi) is 5.41. The lowest BCUT2D eigenvalue weighted by Crippen LogP contribution is -2.43. The number of fused-ring (bicyclic) bond motifs is 1. The summed E-state index contributed by atoms with van der Waals surface area (Å²) >= 11 is 0. The number of anilines is 1. The van der Waals surface area contributed by atoms with E-state index in [1.807, 2.05) is 37.2 Å². The maximum atomic E-state index is 12.7. The number of ether oxygens (including phenoxy) is 1. The van der Waals surface area contributed by atoms with E-state index in [-0.39, 0.29) is 11.9 Å². The lowest BCUT2D eigenvalue weighted by molar-refractivity contribution is -0.119. The Morgan fingerprint density at radius 2 is 2.21 bits per heavy atom. The quantitative estimate of drug-likeness (QED) is 0.792. The maximum absolute atomic E-state index is 12.7. The van der Waals surface area contributed by atoms with Gasteiger partial charge in [-0.05, 0) is 51.4 Å². The highest BCUT2D eigenvalue weighted by Crippen LogP contribution is 2.36. The van der Waals surface area contributed by atoms with Crippen LogP contribution in [0.5, 0.6) is 5.75 Å². The van der Waals surface area contributed by atoms with Crippen molar-refractivity contribution in [3.05, 3.63) is 23.8 Å². The number of rotatable bonds is 8. The van der Waals surface area contributed by atoms with Gasteiger partial charge in [0.15, 0.2) is 0 Å². The second kappa shape index (κ2) is 7.53. The molecule has 5 heteroatoms. The number of likely N-dealkylation sites (N-methyl/N-ethyl adjacent to an activating group) is 1. The van der Waals surface area contributed by atoms with Gasteiger partial charge >= 0.3 is 0 Å². The van der Waals surface area contributed by atoms with Gasteiger partial charge in [0.25, 0.3) is 0 Å². The Balaban J connectivity index is 1.63. The fourth-order valence-electron chi connectivity index (χ4n) is 3.25. The van der Waals surface area contributed by atoms with Crippen LogP contribution in [0, 0.1) is 5.92 Å². The van der Waals surface area contributed by atoms with Crippen molar-refractivity contribution in [1.29, 1.82) is 0 Å². The van der Waals surface area contributed by atoms with Crippen LogP contribution < -0.4 is 15.4 Å². The summed E-state index contributed by atoms with van der Waals surface area (Å²) in [5.41, 5.74) is 8.27. The average Bonchev–Trinajstić information content (AvgIpc) is 3.29. The minimum absolute atomic E-state index is 0.0554. The van der Waals surface area contributed by atoms with Gasteiger partial charge < -0.3 is 20.3 Å². The molecule has 3 rings (SSSR count). The Morgan fingerprint density at radius 1 is 1.42 bits per heavy atom. The first-order valence-electron chi connectivity index (χ1n) is 9.02. The lowest BCUT2D eigenvalue weighted by Gasteiger charge is -2.22. The average molecular weight is 331 g/mol. The normalized spacial score (nSPS) is 17.9. The Hall–Kier alpha value is -1.59. The van der Waals surface area contributed by atoms with Crippen LogP contribution >= 0.6 is 0 Å². The molecule has 1 atom stereocenters. The van der Waals surface area contributed by atoms with Crippen LogP contribution in [0.25, 0.3) is 0 Å². The molecule has 132 valence electrons. The molecule has 1 aliphatic carbocycles. The molecule has 1 amide bonds. The van der Waals surface area contributed by atoms with Crippen LogP contribution in [0.1, 0.15) is 31.2 Å². The number of nitrogens with zero attached hydrogens (tertiary/aromatic N) is 2. The number of carbonyl (C=O) groups excluding carboxylic acids is 1. The molecule has 1 saturated carbocycles. The number of amides is 1. The molecule has 0 radical (unpaired) electrons. The number of hydrogen-bond donors (Lipinski definition) is 1. The molecule has 2 N–H and O–H groups in total. The highest BCUT2D eigenvalue weighted by Gasteiger charge is 2.31. The van der Waals surface area contributed by atoms with Crippen LogP contribution in [0.2, 0.25) is 0 Å². The van der Waals surface area contributed by atoms with E-state index in [0.717, 1.165) is 48.7 Å². The van der Waals surface area contributed by atoms with Crippen molar-refractivity contribution in [2.75, 3.05) is 38.7 Å². The zero-order chi connectivity index (χ0) is 17.1. The minimum atomic E-state index is -0.380. The molecule has 24 heavy (non-hydrogen) atoms. The van der Waals surface area contributed by atoms with Crippen LogP contribution in [0.3, 0.4) is 0 Å². The van der Waals surface area contributed by atoms with Crippen LogP contribution in [-0.2, 0) is 11.2 Å². The standard InChI is InChI=1S/C19H29N3O2/c1-21(2)12-13-24-18-5-3-4-17-15(18)10-11-22(17)19(23)16(20)9-8-14-6-7-14/h3-5,14,16H,6-13,20H2,1-2H3. The molecule has 1 heterocycles. The van der Waals surface area contributed by atoms with Crippen molar-refractivity contribution in [3.8, 4) is 5.75 Å². The van der Waals surface area contributed by atoms with E-state index >= 15 is 0 Å².